The standard InChI is InChI=1S/C47H54ClN6O5S/c1-30(2)44(55)41-27-39(15-16-40(41)31(3)32-8-7-9-32)50-18-19-57-20-21-58-22-23-59-45-35(28-49)25-38(26-42(45)48)47(4,5)37-13-10-33(11-14-37)34-12-17-43-36(24-34)29-51-46(52-43)53-54(6,56)60/h10-17,24-27,29-30,50,56,60H,7-9,18-23H2,1-6H3,(H,51,52,53)/q+1. The maximum Gasteiger partial charge on any atom is 0.273 e. The summed E-state index contributed by atoms with van der Waals surface area (Å²) >= 11 is 10.8. The van der Waals surface area contributed by atoms with Crippen molar-refractivity contribution >= 4 is 58.3 Å². The number of ether oxygens (including phenoxy) is 3. The van der Waals surface area contributed by atoms with E-state index in [2.05, 4.69) is 90.7 Å². The Morgan fingerprint density at radius 3 is 2.32 bits per heavy atom. The Kier molecular flexibility index (Phi) is 14.5. The SMILES string of the molecule is CC(=C1CCC1)c1ccc(NCCOCCOCCOc2c(Cl)cc(C(C)(C)c3ccc(-c4ccc5nc(N[N+](C)(O)S)ncc5c4)cc3)cc2C#N)cc1C(=O)C(C)C. The van der Waals surface area contributed by atoms with Crippen LogP contribution in [0.1, 0.15) is 86.5 Å². The zero-order chi connectivity index (χ0) is 43.0. The Morgan fingerprint density at radius 2 is 1.65 bits per heavy atom. The summed E-state index contributed by atoms with van der Waals surface area (Å²) in [6, 6.07) is 26.3. The van der Waals surface area contributed by atoms with Crippen LogP contribution in [-0.4, -0.2) is 71.7 Å². The van der Waals surface area contributed by atoms with Gasteiger partial charge in [0.25, 0.3) is 5.95 Å². The lowest BCUT2D eigenvalue weighted by molar-refractivity contribution is -0.955. The fraction of sp³-hybridized carbons (Fsp3) is 0.362. The zero-order valence-corrected chi connectivity index (χ0v) is 36.8. The van der Waals surface area contributed by atoms with Gasteiger partial charge in [0.05, 0.1) is 42.5 Å². The van der Waals surface area contributed by atoms with Gasteiger partial charge in [0.15, 0.2) is 11.5 Å². The number of thiol groups is 1. The summed E-state index contributed by atoms with van der Waals surface area (Å²) in [5.41, 5.74) is 12.7. The first-order valence-electron chi connectivity index (χ1n) is 20.3. The molecule has 0 saturated heterocycles. The number of allylic oxidation sites excluding steroid dienone is 2. The molecule has 1 aliphatic rings. The fourth-order valence-corrected chi connectivity index (χ4v) is 7.46. The van der Waals surface area contributed by atoms with E-state index in [9.17, 15) is 15.3 Å². The summed E-state index contributed by atoms with van der Waals surface area (Å²) in [6.07, 6.45) is 5.17. The second-order valence-electron chi connectivity index (χ2n) is 16.0. The molecule has 1 heterocycles. The summed E-state index contributed by atoms with van der Waals surface area (Å²) in [7, 11) is 1.44. The lowest BCUT2D eigenvalue weighted by atomic mass is 9.77. The van der Waals surface area contributed by atoms with Crippen LogP contribution in [0.4, 0.5) is 11.6 Å². The van der Waals surface area contributed by atoms with Gasteiger partial charge >= 0.3 is 0 Å². The van der Waals surface area contributed by atoms with Crippen LogP contribution in [0, 0.1) is 17.2 Å². The number of hydroxylamine groups is 1. The summed E-state index contributed by atoms with van der Waals surface area (Å²) in [5, 5.41) is 24.5. The van der Waals surface area contributed by atoms with E-state index in [1.165, 1.54) is 24.6 Å². The smallest absolute Gasteiger partial charge is 0.273 e. The van der Waals surface area contributed by atoms with Crippen LogP contribution in [0.2, 0.25) is 5.02 Å². The number of benzene rings is 4. The highest BCUT2D eigenvalue weighted by molar-refractivity contribution is 7.74. The third-order valence-electron chi connectivity index (χ3n) is 10.8. The number of rotatable bonds is 19. The number of Topliss-reactive ketones (excluding diaryl/α,β-unsaturated/α-hetero) is 1. The molecule has 1 fully saturated rings. The third kappa shape index (κ3) is 11.0. The summed E-state index contributed by atoms with van der Waals surface area (Å²) < 4.78 is 16.7. The molecule has 11 nitrogen and oxygen atoms in total. The molecule has 3 N–H and O–H groups in total. The van der Waals surface area contributed by atoms with Gasteiger partial charge in [0.2, 0.25) is 0 Å². The Bertz CT molecular complexity index is 2400. The molecule has 6 rings (SSSR count). The molecule has 0 amide bonds. The van der Waals surface area contributed by atoms with Crippen molar-refractivity contribution in [2.24, 2.45) is 5.92 Å². The molecule has 4 aromatic carbocycles. The number of nitrogens with one attached hydrogen (secondary N) is 2. The summed E-state index contributed by atoms with van der Waals surface area (Å²) in [4.78, 5) is 21.8. The van der Waals surface area contributed by atoms with E-state index in [4.69, 9.17) is 25.8 Å². The second-order valence-corrected chi connectivity index (χ2v) is 17.2. The van der Waals surface area contributed by atoms with Crippen LogP contribution in [0.15, 0.2) is 84.6 Å². The molecule has 1 saturated carbocycles. The number of nitriles is 1. The lowest BCUT2D eigenvalue weighted by Crippen LogP contribution is -2.36. The quantitative estimate of drug-likeness (QED) is 0.0209. The number of nitrogens with zero attached hydrogens (tertiary/aromatic N) is 4. The number of quaternary nitrogens is 1. The van der Waals surface area contributed by atoms with E-state index >= 15 is 0 Å². The lowest BCUT2D eigenvalue weighted by Gasteiger charge is -2.27. The van der Waals surface area contributed by atoms with Crippen LogP contribution < -0.4 is 15.5 Å². The Balaban J connectivity index is 0.958. The van der Waals surface area contributed by atoms with Gasteiger partial charge in [-0.1, -0.05) is 81.3 Å². The number of aromatic nitrogens is 2. The van der Waals surface area contributed by atoms with E-state index < -0.39 is 9.58 Å². The van der Waals surface area contributed by atoms with Crippen molar-refractivity contribution in [1.29, 1.82) is 5.26 Å². The van der Waals surface area contributed by atoms with Crippen molar-refractivity contribution in [2.75, 3.05) is 57.4 Å². The maximum absolute atomic E-state index is 13.1. The van der Waals surface area contributed by atoms with E-state index in [0.29, 0.717) is 49.3 Å². The van der Waals surface area contributed by atoms with Crippen molar-refractivity contribution in [3.63, 3.8) is 0 Å². The number of hydrogen-bond donors (Lipinski definition) is 4. The number of carbonyl (C=O) groups excluding carboxylic acids is 1. The van der Waals surface area contributed by atoms with Gasteiger partial charge in [0, 0.05) is 40.7 Å². The van der Waals surface area contributed by atoms with Gasteiger partial charge in [-0.15, -0.1) is 0 Å². The van der Waals surface area contributed by atoms with Crippen LogP contribution in [0.25, 0.3) is 27.6 Å². The molecule has 1 aromatic heterocycles. The first-order chi connectivity index (χ1) is 28.6. The number of anilines is 2. The largest absolute Gasteiger partial charge is 0.488 e. The number of hydrogen-bond acceptors (Lipinski definition) is 11. The summed E-state index contributed by atoms with van der Waals surface area (Å²) in [5.74, 6) is 0.670. The topological polar surface area (TPSA) is 139 Å². The molecule has 1 aliphatic carbocycles. The van der Waals surface area contributed by atoms with Crippen LogP contribution >= 0.6 is 24.4 Å². The minimum Gasteiger partial charge on any atom is -0.488 e. The highest BCUT2D eigenvalue weighted by Crippen LogP contribution is 2.39. The van der Waals surface area contributed by atoms with Crippen molar-refractivity contribution in [2.45, 2.75) is 59.3 Å². The van der Waals surface area contributed by atoms with Gasteiger partial charge in [-0.2, -0.15) is 15.9 Å². The van der Waals surface area contributed by atoms with E-state index in [0.717, 1.165) is 62.8 Å². The molecule has 0 bridgehead atoms. The number of ketones is 1. The molecular formula is C47H54ClN6O5S+. The molecule has 5 aromatic rings. The number of carbonyl (C=O) groups is 1. The molecule has 60 heavy (non-hydrogen) atoms. The first kappa shape index (κ1) is 44.5. The molecule has 13 heteroatoms. The average molecular weight is 851 g/mol. The molecule has 0 radical (unpaired) electrons. The summed E-state index contributed by atoms with van der Waals surface area (Å²) in [6.45, 7) is 12.6. The number of fused-ring (bicyclic) bond motifs is 1. The molecular weight excluding hydrogens is 796 g/mol. The monoisotopic (exact) mass is 849 g/mol. The minimum atomic E-state index is -0.788. The van der Waals surface area contributed by atoms with Crippen LogP contribution in [-0.2, 0) is 14.9 Å². The second kappa shape index (κ2) is 19.6. The molecule has 0 spiro atoms. The molecule has 1 unspecified atom stereocenters. The van der Waals surface area contributed by atoms with E-state index in [1.54, 1.807) is 6.20 Å². The Labute approximate surface area is 363 Å². The van der Waals surface area contributed by atoms with Gasteiger partial charge in [-0.25, -0.2) is 9.97 Å². The number of halogens is 1. The van der Waals surface area contributed by atoms with E-state index in [-0.39, 0.29) is 24.3 Å². The minimum absolute atomic E-state index is 0.0769. The molecule has 0 aliphatic heterocycles. The predicted molar refractivity (Wildman–Crippen MR) is 242 cm³/mol. The third-order valence-corrected chi connectivity index (χ3v) is 11.2. The maximum atomic E-state index is 13.1. The normalized spacial score (nSPS) is 13.7. The van der Waals surface area contributed by atoms with Gasteiger partial charge in [-0.3, -0.25) is 4.79 Å². The van der Waals surface area contributed by atoms with Crippen molar-refractivity contribution in [1.82, 2.24) is 9.97 Å². The Hall–Kier alpha value is -5.00. The zero-order valence-electron chi connectivity index (χ0n) is 35.1. The molecule has 1 atom stereocenters. The molecule has 314 valence electrons. The first-order valence-corrected chi connectivity index (χ1v) is 21.0. The van der Waals surface area contributed by atoms with Crippen LogP contribution in [0.3, 0.4) is 0 Å². The van der Waals surface area contributed by atoms with E-state index in [1.807, 2.05) is 56.3 Å². The van der Waals surface area contributed by atoms with Gasteiger partial charge in [-0.05, 0) is 100 Å². The van der Waals surface area contributed by atoms with Crippen LogP contribution in [0.5, 0.6) is 5.75 Å². The highest BCUT2D eigenvalue weighted by atomic mass is 35.5. The van der Waals surface area contributed by atoms with Crippen molar-refractivity contribution < 1.29 is 28.4 Å². The fourth-order valence-electron chi connectivity index (χ4n) is 7.09. The highest BCUT2D eigenvalue weighted by Gasteiger charge is 2.26. The predicted octanol–water partition coefficient (Wildman–Crippen LogP) is 10.5. The average Bonchev–Trinajstić information content (AvgIpc) is 3.19. The van der Waals surface area contributed by atoms with Crippen molar-refractivity contribution in [3.05, 3.63) is 117 Å². The van der Waals surface area contributed by atoms with Crippen molar-refractivity contribution in [3.8, 4) is 22.9 Å². The Morgan fingerprint density at radius 1 is 0.950 bits per heavy atom. The van der Waals surface area contributed by atoms with Gasteiger partial charge in [0.1, 0.15) is 32.5 Å². The van der Waals surface area contributed by atoms with Gasteiger partial charge < -0.3 is 19.5 Å².